The van der Waals surface area contributed by atoms with Crippen molar-refractivity contribution in [3.8, 4) is 0 Å². The summed E-state index contributed by atoms with van der Waals surface area (Å²) in [6, 6.07) is 4.25. The summed E-state index contributed by atoms with van der Waals surface area (Å²) in [5.41, 5.74) is 5.98. The molecule has 2 rings (SSSR count). The van der Waals surface area contributed by atoms with E-state index in [0.717, 1.165) is 34.6 Å². The molecule has 0 bridgehead atoms. The number of aliphatic hydroxyl groups excluding tert-OH is 2. The summed E-state index contributed by atoms with van der Waals surface area (Å²) in [5, 5.41) is 20.6. The number of halogens is 1. The van der Waals surface area contributed by atoms with Crippen LogP contribution in [0.4, 0.5) is 0 Å². The van der Waals surface area contributed by atoms with Crippen LogP contribution in [0.3, 0.4) is 0 Å². The van der Waals surface area contributed by atoms with Gasteiger partial charge in [-0.05, 0) is 78.7 Å². The first-order chi connectivity index (χ1) is 13.0. The smallest absolute Gasteiger partial charge is 0.115 e. The molecule has 1 aromatic rings. The van der Waals surface area contributed by atoms with Crippen molar-refractivity contribution in [1.82, 2.24) is 0 Å². The summed E-state index contributed by atoms with van der Waals surface area (Å²) in [6.07, 6.45) is 4.17. The summed E-state index contributed by atoms with van der Waals surface area (Å²) in [4.78, 5) is 0. The van der Waals surface area contributed by atoms with Crippen LogP contribution in [0.25, 0.3) is 0 Å². The van der Waals surface area contributed by atoms with Crippen molar-refractivity contribution in [1.29, 1.82) is 0 Å². The van der Waals surface area contributed by atoms with Crippen molar-refractivity contribution in [2.24, 2.45) is 11.3 Å². The average Bonchev–Trinajstić information content (AvgIpc) is 2.73. The van der Waals surface area contributed by atoms with Crippen LogP contribution in [-0.2, 0) is 6.42 Å². The molecule has 0 amide bonds. The molecule has 3 heteroatoms. The molecule has 2 unspecified atom stereocenters. The molecule has 0 spiro atoms. The summed E-state index contributed by atoms with van der Waals surface area (Å²) in [7, 11) is 0. The quantitative estimate of drug-likeness (QED) is 0.237. The molecule has 2 N–H and O–H groups in total. The van der Waals surface area contributed by atoms with Gasteiger partial charge < -0.3 is 10.2 Å². The van der Waals surface area contributed by atoms with Gasteiger partial charge in [0.1, 0.15) is 5.76 Å². The van der Waals surface area contributed by atoms with E-state index >= 15 is 0 Å². The molecular weight excluding hydrogens is 368 g/mol. The topological polar surface area (TPSA) is 40.5 Å². The van der Waals surface area contributed by atoms with E-state index in [4.69, 9.17) is 11.6 Å². The normalized spacial score (nSPS) is 20.5. The molecule has 0 aliphatic heterocycles. The third-order valence-corrected chi connectivity index (χ3v) is 6.52. The Bertz CT molecular complexity index is 829. The maximum absolute atomic E-state index is 9.96. The standard InChI is InChI=1S/C25H33ClO2/c1-8-21(18(5)28)15(2)9-19-10-16(3)23(25(6,7)14-27)12-20-11-17(4)24(26)13-22(19)20/h8,11,13,19,23,27-28H,2-3,5,9-10,12,14H2,1,4,6-7H3/b21-8+. The number of aryl methyl sites for hydroxylation is 1. The predicted octanol–water partition coefficient (Wildman–Crippen LogP) is 6.83. The highest BCUT2D eigenvalue weighted by atomic mass is 35.5. The van der Waals surface area contributed by atoms with Crippen LogP contribution in [0.2, 0.25) is 5.02 Å². The van der Waals surface area contributed by atoms with Gasteiger partial charge >= 0.3 is 0 Å². The molecule has 2 atom stereocenters. The fraction of sp³-hybridized carbons (Fsp3) is 0.440. The number of aliphatic hydroxyl groups is 2. The molecule has 1 aliphatic carbocycles. The lowest BCUT2D eigenvalue weighted by Crippen LogP contribution is -2.30. The zero-order valence-electron chi connectivity index (χ0n) is 17.6. The molecule has 0 saturated carbocycles. The fourth-order valence-electron chi connectivity index (χ4n) is 4.35. The first-order valence-electron chi connectivity index (χ1n) is 9.82. The molecule has 28 heavy (non-hydrogen) atoms. The molecule has 2 nitrogen and oxygen atoms in total. The van der Waals surface area contributed by atoms with Crippen LogP contribution in [-0.4, -0.2) is 16.8 Å². The van der Waals surface area contributed by atoms with Gasteiger partial charge in [-0.2, -0.15) is 0 Å². The fourth-order valence-corrected chi connectivity index (χ4v) is 4.52. The van der Waals surface area contributed by atoms with Crippen LogP contribution in [0, 0.1) is 18.3 Å². The van der Waals surface area contributed by atoms with Crippen molar-refractivity contribution in [3.63, 3.8) is 0 Å². The van der Waals surface area contributed by atoms with E-state index in [0.29, 0.717) is 12.0 Å². The number of hydrogen-bond acceptors (Lipinski definition) is 2. The van der Waals surface area contributed by atoms with Gasteiger partial charge in [0.05, 0.1) is 0 Å². The first kappa shape index (κ1) is 22.5. The number of benzene rings is 1. The molecule has 0 saturated heterocycles. The average molecular weight is 401 g/mol. The summed E-state index contributed by atoms with van der Waals surface area (Å²) in [6.45, 7) is 20.5. The second-order valence-corrected chi connectivity index (χ2v) is 9.13. The van der Waals surface area contributed by atoms with Crippen molar-refractivity contribution < 1.29 is 10.2 Å². The Morgan fingerprint density at radius 2 is 1.93 bits per heavy atom. The van der Waals surface area contributed by atoms with E-state index in [-0.39, 0.29) is 29.6 Å². The van der Waals surface area contributed by atoms with E-state index < -0.39 is 0 Å². The monoisotopic (exact) mass is 400 g/mol. The molecule has 0 heterocycles. The SMILES string of the molecule is C=C(O)/C(=C/C)C(=C)CC1CC(=C)C(C(C)(C)CO)Cc2cc(C)c(Cl)cc21. The summed E-state index contributed by atoms with van der Waals surface area (Å²) < 4.78 is 0. The van der Waals surface area contributed by atoms with Crippen molar-refractivity contribution in [2.75, 3.05) is 6.61 Å². The minimum absolute atomic E-state index is 0.0430. The Hall–Kier alpha value is -1.77. The molecule has 1 aliphatic rings. The van der Waals surface area contributed by atoms with Crippen LogP contribution < -0.4 is 0 Å². The highest BCUT2D eigenvalue weighted by Crippen LogP contribution is 2.46. The van der Waals surface area contributed by atoms with Gasteiger partial charge in [0.25, 0.3) is 0 Å². The lowest BCUT2D eigenvalue weighted by atomic mass is 9.72. The zero-order valence-corrected chi connectivity index (χ0v) is 18.4. The van der Waals surface area contributed by atoms with Crippen molar-refractivity contribution >= 4 is 11.6 Å². The van der Waals surface area contributed by atoms with Gasteiger partial charge in [0, 0.05) is 17.2 Å². The molecule has 0 aromatic heterocycles. The first-order valence-corrected chi connectivity index (χ1v) is 10.2. The summed E-state index contributed by atoms with van der Waals surface area (Å²) in [5.74, 6) is 0.396. The second-order valence-electron chi connectivity index (χ2n) is 8.72. The van der Waals surface area contributed by atoms with Crippen LogP contribution in [0.15, 0.2) is 60.4 Å². The van der Waals surface area contributed by atoms with Gasteiger partial charge in [-0.15, -0.1) is 0 Å². The van der Waals surface area contributed by atoms with E-state index in [2.05, 4.69) is 45.7 Å². The molecule has 0 radical (unpaired) electrons. The largest absolute Gasteiger partial charge is 0.508 e. The van der Waals surface area contributed by atoms with E-state index in [1.165, 1.54) is 11.1 Å². The molecule has 1 aromatic carbocycles. The Morgan fingerprint density at radius 1 is 1.29 bits per heavy atom. The van der Waals surface area contributed by atoms with E-state index in [1.54, 1.807) is 0 Å². The summed E-state index contributed by atoms with van der Waals surface area (Å²) >= 11 is 6.48. The van der Waals surface area contributed by atoms with Gasteiger partial charge in [-0.3, -0.25) is 0 Å². The third kappa shape index (κ3) is 4.61. The van der Waals surface area contributed by atoms with E-state index in [9.17, 15) is 10.2 Å². The lowest BCUT2D eigenvalue weighted by molar-refractivity contribution is 0.112. The minimum atomic E-state index is -0.248. The highest BCUT2D eigenvalue weighted by molar-refractivity contribution is 6.31. The van der Waals surface area contributed by atoms with Crippen molar-refractivity contribution in [3.05, 3.63) is 82.1 Å². The van der Waals surface area contributed by atoms with E-state index in [1.807, 2.05) is 19.9 Å². The van der Waals surface area contributed by atoms with Gasteiger partial charge in [0.2, 0.25) is 0 Å². The lowest BCUT2D eigenvalue weighted by Gasteiger charge is -2.34. The predicted molar refractivity (Wildman–Crippen MR) is 120 cm³/mol. The number of allylic oxidation sites excluding steroid dienone is 3. The maximum Gasteiger partial charge on any atom is 0.115 e. The van der Waals surface area contributed by atoms with Gasteiger partial charge in [0.15, 0.2) is 0 Å². The van der Waals surface area contributed by atoms with Crippen LogP contribution >= 0.6 is 11.6 Å². The Balaban J connectivity index is 2.51. The van der Waals surface area contributed by atoms with Crippen LogP contribution in [0.5, 0.6) is 0 Å². The highest BCUT2D eigenvalue weighted by Gasteiger charge is 2.36. The number of fused-ring (bicyclic) bond motifs is 1. The van der Waals surface area contributed by atoms with Gasteiger partial charge in [-0.1, -0.05) is 62.9 Å². The number of hydrogen-bond donors (Lipinski definition) is 2. The zero-order chi connectivity index (χ0) is 21.2. The van der Waals surface area contributed by atoms with Crippen LogP contribution in [0.1, 0.15) is 56.2 Å². The molecular formula is C25H33ClO2. The Labute approximate surface area is 174 Å². The van der Waals surface area contributed by atoms with Crippen molar-refractivity contribution in [2.45, 2.75) is 52.9 Å². The third-order valence-electron chi connectivity index (χ3n) is 6.11. The maximum atomic E-state index is 9.96. The molecule has 0 fully saturated rings. The second kappa shape index (κ2) is 8.71. The van der Waals surface area contributed by atoms with Gasteiger partial charge in [-0.25, -0.2) is 0 Å². The molecule has 152 valence electrons. The minimum Gasteiger partial charge on any atom is -0.508 e. The number of rotatable bonds is 6. The Kier molecular flexibility index (Phi) is 7.01. The Morgan fingerprint density at radius 3 is 2.46 bits per heavy atom.